The largest absolute Gasteiger partial charge is 0.325 e. The molecule has 0 atom stereocenters. The summed E-state index contributed by atoms with van der Waals surface area (Å²) >= 11 is 0. The van der Waals surface area contributed by atoms with Crippen molar-refractivity contribution in [2.75, 3.05) is 46.8 Å². The van der Waals surface area contributed by atoms with Gasteiger partial charge in [-0.05, 0) is 33.4 Å². The molecule has 0 radical (unpaired) electrons. The Hall–Kier alpha value is -1.65. The maximum atomic E-state index is 12.6. The van der Waals surface area contributed by atoms with E-state index in [1.165, 1.54) is 4.90 Å². The molecule has 0 bridgehead atoms. The number of amides is 3. The van der Waals surface area contributed by atoms with Crippen LogP contribution < -0.4 is 5.32 Å². The number of rotatable bonds is 6. The van der Waals surface area contributed by atoms with E-state index in [0.717, 1.165) is 26.2 Å². The molecule has 2 rings (SSSR count). The third-order valence-electron chi connectivity index (χ3n) is 4.49. The highest BCUT2D eigenvalue weighted by molar-refractivity contribution is 6.07. The first-order valence-electron chi connectivity index (χ1n) is 7.87. The van der Waals surface area contributed by atoms with Gasteiger partial charge in [0.05, 0.1) is 6.07 Å². The van der Waals surface area contributed by atoms with Gasteiger partial charge in [0.25, 0.3) is 5.91 Å². The normalized spacial score (nSPS) is 21.5. The zero-order valence-electron chi connectivity index (χ0n) is 13.5. The van der Waals surface area contributed by atoms with Crippen LogP contribution in [0.25, 0.3) is 0 Å². The predicted octanol–water partition coefficient (Wildman–Crippen LogP) is 0.238. The second kappa shape index (κ2) is 7.07. The Morgan fingerprint density at radius 2 is 1.95 bits per heavy atom. The van der Waals surface area contributed by atoms with E-state index in [1.54, 1.807) is 0 Å². The van der Waals surface area contributed by atoms with E-state index in [4.69, 9.17) is 5.26 Å². The number of hydrogen-bond acceptors (Lipinski definition) is 5. The van der Waals surface area contributed by atoms with Crippen LogP contribution in [-0.4, -0.2) is 79.0 Å². The molecule has 0 aliphatic carbocycles. The molecule has 1 spiro atoms. The molecule has 0 unspecified atom stereocenters. The van der Waals surface area contributed by atoms with Crippen LogP contribution in [0.3, 0.4) is 0 Å². The molecule has 3 amide bonds. The molecule has 2 fully saturated rings. The lowest BCUT2D eigenvalue weighted by molar-refractivity contribution is -0.133. The van der Waals surface area contributed by atoms with Crippen LogP contribution in [0.5, 0.6) is 0 Å². The second-order valence-electron chi connectivity index (χ2n) is 6.38. The molecular formula is C15H25N5O2. The number of carbonyl (C=O) groups is 2. The Bertz CT molecular complexity index is 463. The SMILES string of the molecule is CN(C)CCN1CCC2(CC1)NC(=O)N(CCCC#N)C2=O. The summed E-state index contributed by atoms with van der Waals surface area (Å²) in [5, 5.41) is 11.5. The summed E-state index contributed by atoms with van der Waals surface area (Å²) in [6, 6.07) is 1.74. The minimum absolute atomic E-state index is 0.109. The Labute approximate surface area is 131 Å². The van der Waals surface area contributed by atoms with Gasteiger partial charge in [0.15, 0.2) is 0 Å². The summed E-state index contributed by atoms with van der Waals surface area (Å²) in [4.78, 5) is 30.4. The molecule has 0 aromatic heterocycles. The fraction of sp³-hybridized carbons (Fsp3) is 0.800. The fourth-order valence-electron chi connectivity index (χ4n) is 3.03. The standard InChI is InChI=1S/C15H25N5O2/c1-18(2)11-12-19-9-5-15(6-10-19)13(21)20(14(22)17-15)8-4-3-7-16/h3-6,8-12H2,1-2H3,(H,17,22). The number of unbranched alkanes of at least 4 members (excludes halogenated alkanes) is 1. The molecule has 2 heterocycles. The second-order valence-corrected chi connectivity index (χ2v) is 6.38. The fourth-order valence-corrected chi connectivity index (χ4v) is 3.03. The van der Waals surface area contributed by atoms with E-state index in [9.17, 15) is 9.59 Å². The Morgan fingerprint density at radius 1 is 1.27 bits per heavy atom. The number of nitrogens with zero attached hydrogens (tertiary/aromatic N) is 4. The lowest BCUT2D eigenvalue weighted by Crippen LogP contribution is -2.55. The van der Waals surface area contributed by atoms with Gasteiger partial charge in [0, 0.05) is 39.1 Å². The smallest absolute Gasteiger partial charge is 0.323 e. The molecular weight excluding hydrogens is 282 g/mol. The van der Waals surface area contributed by atoms with Crippen molar-refractivity contribution in [3.63, 3.8) is 0 Å². The number of nitrogens with one attached hydrogen (secondary N) is 1. The van der Waals surface area contributed by atoms with Gasteiger partial charge in [-0.3, -0.25) is 9.69 Å². The molecule has 7 heteroatoms. The van der Waals surface area contributed by atoms with Crippen LogP contribution in [0.2, 0.25) is 0 Å². The number of hydrogen-bond donors (Lipinski definition) is 1. The zero-order valence-corrected chi connectivity index (χ0v) is 13.5. The molecule has 0 aromatic carbocycles. The quantitative estimate of drug-likeness (QED) is 0.561. The third kappa shape index (κ3) is 3.57. The van der Waals surface area contributed by atoms with E-state index in [-0.39, 0.29) is 11.9 Å². The van der Waals surface area contributed by atoms with Gasteiger partial charge < -0.3 is 15.1 Å². The lowest BCUT2D eigenvalue weighted by Gasteiger charge is -2.37. The Kier molecular flexibility index (Phi) is 5.37. The predicted molar refractivity (Wildman–Crippen MR) is 82.1 cm³/mol. The van der Waals surface area contributed by atoms with Crippen molar-refractivity contribution < 1.29 is 9.59 Å². The molecule has 22 heavy (non-hydrogen) atoms. The zero-order chi connectivity index (χ0) is 16.2. The number of imide groups is 1. The summed E-state index contributed by atoms with van der Waals surface area (Å²) in [6.07, 6.45) is 2.24. The molecule has 122 valence electrons. The molecule has 2 saturated heterocycles. The summed E-state index contributed by atoms with van der Waals surface area (Å²) in [5.41, 5.74) is -0.710. The maximum absolute atomic E-state index is 12.6. The summed E-state index contributed by atoms with van der Waals surface area (Å²) in [5.74, 6) is -0.109. The van der Waals surface area contributed by atoms with E-state index in [1.807, 2.05) is 20.2 Å². The third-order valence-corrected chi connectivity index (χ3v) is 4.49. The number of carbonyl (C=O) groups excluding carboxylic acids is 2. The van der Waals surface area contributed by atoms with Crippen molar-refractivity contribution >= 4 is 11.9 Å². The molecule has 0 saturated carbocycles. The van der Waals surface area contributed by atoms with Gasteiger partial charge >= 0.3 is 6.03 Å². The van der Waals surface area contributed by atoms with E-state index < -0.39 is 5.54 Å². The number of likely N-dealkylation sites (tertiary alicyclic amines) is 1. The van der Waals surface area contributed by atoms with E-state index in [0.29, 0.717) is 32.2 Å². The Balaban J connectivity index is 1.89. The van der Waals surface area contributed by atoms with Crippen LogP contribution in [0.1, 0.15) is 25.7 Å². The van der Waals surface area contributed by atoms with Crippen molar-refractivity contribution in [1.82, 2.24) is 20.0 Å². The van der Waals surface area contributed by atoms with Crippen molar-refractivity contribution in [3.05, 3.63) is 0 Å². The van der Waals surface area contributed by atoms with Gasteiger partial charge in [-0.25, -0.2) is 4.79 Å². The van der Waals surface area contributed by atoms with Crippen molar-refractivity contribution in [2.24, 2.45) is 0 Å². The Morgan fingerprint density at radius 3 is 2.55 bits per heavy atom. The summed E-state index contributed by atoms with van der Waals surface area (Å²) in [6.45, 7) is 3.97. The van der Waals surface area contributed by atoms with Crippen molar-refractivity contribution in [1.29, 1.82) is 5.26 Å². The molecule has 0 aromatic rings. The minimum atomic E-state index is -0.710. The highest BCUT2D eigenvalue weighted by atomic mass is 16.2. The van der Waals surface area contributed by atoms with E-state index in [2.05, 4.69) is 15.1 Å². The monoisotopic (exact) mass is 307 g/mol. The first kappa shape index (κ1) is 16.7. The van der Waals surface area contributed by atoms with Crippen LogP contribution >= 0.6 is 0 Å². The number of urea groups is 1. The highest BCUT2D eigenvalue weighted by Gasteiger charge is 2.51. The number of likely N-dealkylation sites (N-methyl/N-ethyl adjacent to an activating group) is 1. The molecule has 2 aliphatic rings. The molecule has 2 aliphatic heterocycles. The van der Waals surface area contributed by atoms with Crippen LogP contribution in [0.4, 0.5) is 4.79 Å². The van der Waals surface area contributed by atoms with E-state index >= 15 is 0 Å². The van der Waals surface area contributed by atoms with Crippen LogP contribution in [0, 0.1) is 11.3 Å². The van der Waals surface area contributed by atoms with Gasteiger partial charge in [-0.15, -0.1) is 0 Å². The average Bonchev–Trinajstić information content (AvgIpc) is 2.71. The topological polar surface area (TPSA) is 79.7 Å². The first-order valence-corrected chi connectivity index (χ1v) is 7.87. The van der Waals surface area contributed by atoms with Gasteiger partial charge in [0.1, 0.15) is 5.54 Å². The first-order chi connectivity index (χ1) is 10.5. The molecule has 7 nitrogen and oxygen atoms in total. The van der Waals surface area contributed by atoms with Gasteiger partial charge in [0.2, 0.25) is 0 Å². The number of piperidine rings is 1. The highest BCUT2D eigenvalue weighted by Crippen LogP contribution is 2.29. The van der Waals surface area contributed by atoms with Crippen LogP contribution in [0.15, 0.2) is 0 Å². The van der Waals surface area contributed by atoms with Crippen LogP contribution in [-0.2, 0) is 4.79 Å². The lowest BCUT2D eigenvalue weighted by atomic mass is 9.87. The average molecular weight is 307 g/mol. The minimum Gasteiger partial charge on any atom is -0.323 e. The maximum Gasteiger partial charge on any atom is 0.325 e. The van der Waals surface area contributed by atoms with Crippen molar-refractivity contribution in [2.45, 2.75) is 31.2 Å². The molecule has 1 N–H and O–H groups in total. The number of nitriles is 1. The van der Waals surface area contributed by atoms with Gasteiger partial charge in [-0.2, -0.15) is 5.26 Å². The van der Waals surface area contributed by atoms with Crippen molar-refractivity contribution in [3.8, 4) is 6.07 Å². The summed E-state index contributed by atoms with van der Waals surface area (Å²) in [7, 11) is 4.09. The van der Waals surface area contributed by atoms with Gasteiger partial charge in [-0.1, -0.05) is 0 Å². The summed E-state index contributed by atoms with van der Waals surface area (Å²) < 4.78 is 0.